The van der Waals surface area contributed by atoms with Crippen LogP contribution in [0.15, 0.2) is 30.3 Å². The van der Waals surface area contributed by atoms with Crippen LogP contribution in [0.1, 0.15) is 63.5 Å². The second kappa shape index (κ2) is 8.96. The van der Waals surface area contributed by atoms with Gasteiger partial charge in [0.05, 0.1) is 16.1 Å². The minimum Gasteiger partial charge on any atom is -0.352 e. The first kappa shape index (κ1) is 25.4. The highest BCUT2D eigenvalue weighted by Gasteiger charge is 2.66. The lowest BCUT2D eigenvalue weighted by atomic mass is 9.62. The summed E-state index contributed by atoms with van der Waals surface area (Å²) in [6.45, 7) is 6.14. The van der Waals surface area contributed by atoms with Gasteiger partial charge in [-0.25, -0.2) is 8.78 Å². The summed E-state index contributed by atoms with van der Waals surface area (Å²) < 4.78 is 29.1. The Hall–Kier alpha value is -2.22. The van der Waals surface area contributed by atoms with E-state index in [1.165, 1.54) is 24.3 Å². The quantitative estimate of drug-likeness (QED) is 0.470. The Morgan fingerprint density at radius 3 is 2.42 bits per heavy atom. The topological polar surface area (TPSA) is 70.2 Å². The molecule has 1 saturated heterocycles. The van der Waals surface area contributed by atoms with Crippen LogP contribution in [0, 0.1) is 17.0 Å². The predicted octanol–water partition coefficient (Wildman–Crippen LogP) is 5.69. The molecule has 0 bridgehead atoms. The first-order chi connectivity index (χ1) is 16.9. The maximum atomic E-state index is 14.9. The Morgan fingerprint density at radius 2 is 1.81 bits per heavy atom. The monoisotopic (exact) mass is 535 g/mol. The molecule has 36 heavy (non-hydrogen) atoms. The zero-order chi connectivity index (χ0) is 26.0. The predicted molar refractivity (Wildman–Crippen MR) is 136 cm³/mol. The van der Waals surface area contributed by atoms with Gasteiger partial charge in [0.25, 0.3) is 0 Å². The third kappa shape index (κ3) is 4.09. The Labute approximate surface area is 219 Å². The molecule has 2 heterocycles. The number of amides is 2. The van der Waals surface area contributed by atoms with Crippen molar-refractivity contribution in [1.82, 2.24) is 10.6 Å². The van der Waals surface area contributed by atoms with Gasteiger partial charge in [-0.2, -0.15) is 0 Å². The van der Waals surface area contributed by atoms with Crippen molar-refractivity contribution in [3.8, 4) is 0 Å². The van der Waals surface area contributed by atoms with Gasteiger partial charge in [-0.05, 0) is 66.5 Å². The summed E-state index contributed by atoms with van der Waals surface area (Å²) in [5.41, 5.74) is -0.219. The van der Waals surface area contributed by atoms with E-state index in [2.05, 4.69) is 16.0 Å². The van der Waals surface area contributed by atoms with Crippen LogP contribution in [0.5, 0.6) is 0 Å². The summed E-state index contributed by atoms with van der Waals surface area (Å²) in [5.74, 6) is -2.62. The van der Waals surface area contributed by atoms with Crippen LogP contribution in [0.4, 0.5) is 14.5 Å². The van der Waals surface area contributed by atoms with Gasteiger partial charge in [-0.15, -0.1) is 0 Å². The van der Waals surface area contributed by atoms with Crippen LogP contribution >= 0.6 is 23.2 Å². The fraction of sp³-hybridized carbons (Fsp3) is 0.481. The molecule has 1 spiro atoms. The van der Waals surface area contributed by atoms with E-state index in [1.807, 2.05) is 20.8 Å². The maximum absolute atomic E-state index is 14.9. The molecule has 4 atom stereocenters. The normalized spacial score (nSPS) is 27.6. The lowest BCUT2D eigenvalue weighted by Gasteiger charge is -2.38. The van der Waals surface area contributed by atoms with Crippen molar-refractivity contribution in [3.05, 3.63) is 63.1 Å². The Kier molecular flexibility index (Phi) is 6.33. The fourth-order valence-corrected chi connectivity index (χ4v) is 6.34. The molecule has 3 N–H and O–H groups in total. The van der Waals surface area contributed by atoms with Gasteiger partial charge >= 0.3 is 0 Å². The summed E-state index contributed by atoms with van der Waals surface area (Å²) >= 11 is 12.2. The average molecular weight is 536 g/mol. The molecule has 1 aliphatic carbocycles. The Balaban J connectivity index is 1.74. The molecule has 1 saturated carbocycles. The fourth-order valence-electron chi connectivity index (χ4n) is 5.98. The van der Waals surface area contributed by atoms with E-state index in [1.54, 1.807) is 6.07 Å². The van der Waals surface area contributed by atoms with Crippen molar-refractivity contribution in [3.63, 3.8) is 0 Å². The van der Waals surface area contributed by atoms with Gasteiger partial charge in [-0.1, -0.05) is 50.0 Å². The summed E-state index contributed by atoms with van der Waals surface area (Å²) in [6, 6.07) is 5.68. The third-order valence-electron chi connectivity index (χ3n) is 7.74. The number of carbonyl (C=O) groups excluding carboxylic acids is 2. The minimum absolute atomic E-state index is 0.0790. The highest BCUT2D eigenvalue weighted by Crippen LogP contribution is 2.57. The summed E-state index contributed by atoms with van der Waals surface area (Å²) in [4.78, 5) is 27.7. The van der Waals surface area contributed by atoms with E-state index in [4.69, 9.17) is 23.2 Å². The van der Waals surface area contributed by atoms with Crippen molar-refractivity contribution in [2.24, 2.45) is 5.41 Å². The maximum Gasteiger partial charge on any atom is 0.238 e. The van der Waals surface area contributed by atoms with Crippen LogP contribution < -0.4 is 16.0 Å². The molecule has 2 aromatic rings. The molecule has 2 amide bonds. The second-order valence-corrected chi connectivity index (χ2v) is 12.2. The SMILES string of the molecule is CC(C)(C)CC1NC(C(=O)NC2CCC2)C(c2ccc(F)c(Cl)c2)C12C(=O)Nc1cc(Cl)c(F)cc12. The van der Waals surface area contributed by atoms with Crippen molar-refractivity contribution in [2.75, 3.05) is 5.32 Å². The largest absolute Gasteiger partial charge is 0.352 e. The van der Waals surface area contributed by atoms with Crippen molar-refractivity contribution >= 4 is 40.7 Å². The molecular formula is C27H29Cl2F2N3O2. The number of carbonyl (C=O) groups is 2. The molecule has 2 fully saturated rings. The van der Waals surface area contributed by atoms with Crippen molar-refractivity contribution in [1.29, 1.82) is 0 Å². The number of hydrogen-bond acceptors (Lipinski definition) is 3. The van der Waals surface area contributed by atoms with E-state index < -0.39 is 35.1 Å². The van der Waals surface area contributed by atoms with E-state index in [9.17, 15) is 18.4 Å². The molecule has 0 aromatic heterocycles. The molecule has 2 aliphatic heterocycles. The Bertz CT molecular complexity index is 1240. The van der Waals surface area contributed by atoms with Crippen LogP contribution in [0.3, 0.4) is 0 Å². The number of benzene rings is 2. The number of anilines is 1. The van der Waals surface area contributed by atoms with Crippen LogP contribution in [0.25, 0.3) is 0 Å². The molecule has 5 nitrogen and oxygen atoms in total. The van der Waals surface area contributed by atoms with E-state index in [0.29, 0.717) is 23.2 Å². The van der Waals surface area contributed by atoms with Crippen molar-refractivity contribution in [2.45, 2.75) is 75.9 Å². The molecule has 5 rings (SSSR count). The number of fused-ring (bicyclic) bond motifs is 2. The van der Waals surface area contributed by atoms with Crippen LogP contribution in [0.2, 0.25) is 10.0 Å². The summed E-state index contributed by atoms with van der Waals surface area (Å²) in [7, 11) is 0. The standard InChI is InChI=1S/C27H29Cl2F2N3O2/c1-26(2,3)12-21-27(15-10-19(31)17(29)11-20(15)33-25(27)36)22(13-7-8-18(30)16(28)9-13)23(34-21)24(35)32-14-5-4-6-14/h7-11,14,21-23,34H,4-6,12H2,1-3H3,(H,32,35)(H,33,36). The van der Waals surface area contributed by atoms with Crippen molar-refractivity contribution < 1.29 is 18.4 Å². The number of hydrogen-bond donors (Lipinski definition) is 3. The molecule has 4 unspecified atom stereocenters. The number of nitrogens with one attached hydrogen (secondary N) is 3. The molecule has 2 aromatic carbocycles. The van der Waals surface area contributed by atoms with Gasteiger partial charge in [-0.3, -0.25) is 9.59 Å². The Morgan fingerprint density at radius 1 is 1.11 bits per heavy atom. The molecule has 0 radical (unpaired) electrons. The van der Waals surface area contributed by atoms with Gasteiger partial charge in [0.15, 0.2) is 0 Å². The first-order valence-electron chi connectivity index (χ1n) is 12.2. The smallest absolute Gasteiger partial charge is 0.238 e. The van der Waals surface area contributed by atoms with Crippen LogP contribution in [-0.4, -0.2) is 29.9 Å². The summed E-state index contributed by atoms with van der Waals surface area (Å²) in [5, 5.41) is 9.23. The summed E-state index contributed by atoms with van der Waals surface area (Å²) in [6.07, 6.45) is 3.36. The van der Waals surface area contributed by atoms with Crippen LogP contribution in [-0.2, 0) is 15.0 Å². The van der Waals surface area contributed by atoms with Gasteiger partial charge in [0.2, 0.25) is 11.8 Å². The lowest BCUT2D eigenvalue weighted by Crippen LogP contribution is -2.50. The lowest BCUT2D eigenvalue weighted by molar-refractivity contribution is -0.124. The minimum atomic E-state index is -1.35. The molecule has 192 valence electrons. The number of halogens is 4. The van der Waals surface area contributed by atoms with E-state index >= 15 is 0 Å². The van der Waals surface area contributed by atoms with E-state index in [-0.39, 0.29) is 33.3 Å². The molecule has 3 aliphatic rings. The zero-order valence-corrected chi connectivity index (χ0v) is 21.9. The first-order valence-corrected chi connectivity index (χ1v) is 13.0. The van der Waals surface area contributed by atoms with Gasteiger partial charge < -0.3 is 16.0 Å². The third-order valence-corrected chi connectivity index (χ3v) is 8.32. The second-order valence-electron chi connectivity index (χ2n) is 11.4. The highest BCUT2D eigenvalue weighted by molar-refractivity contribution is 6.31. The zero-order valence-electron chi connectivity index (χ0n) is 20.4. The highest BCUT2D eigenvalue weighted by atomic mass is 35.5. The van der Waals surface area contributed by atoms with E-state index in [0.717, 1.165) is 19.3 Å². The number of rotatable bonds is 4. The average Bonchev–Trinajstić information content (AvgIpc) is 3.22. The molecule has 9 heteroatoms. The van der Waals surface area contributed by atoms with Gasteiger partial charge in [0.1, 0.15) is 17.0 Å². The van der Waals surface area contributed by atoms with Gasteiger partial charge in [0, 0.05) is 23.7 Å². The molecular weight excluding hydrogens is 507 g/mol.